The number of nitrogens with zero attached hydrogens (tertiary/aromatic N) is 1. The average molecular weight is 193 g/mol. The lowest BCUT2D eigenvalue weighted by Crippen LogP contribution is -2.29. The molecule has 0 heterocycles. The molecule has 1 aromatic rings. The van der Waals surface area contributed by atoms with Crippen LogP contribution < -0.4 is 0 Å². The monoisotopic (exact) mass is 193 g/mol. The van der Waals surface area contributed by atoms with Gasteiger partial charge in [-0.1, -0.05) is 30.3 Å². The van der Waals surface area contributed by atoms with Crippen LogP contribution in [0.2, 0.25) is 0 Å². The van der Waals surface area contributed by atoms with Crippen molar-refractivity contribution in [1.82, 2.24) is 4.90 Å². The molecule has 0 aliphatic heterocycles. The van der Waals surface area contributed by atoms with Gasteiger partial charge in [0.25, 0.3) is 0 Å². The van der Waals surface area contributed by atoms with Crippen molar-refractivity contribution in [3.8, 4) is 0 Å². The molecule has 0 saturated carbocycles. The number of carbonyl (C=O) groups is 1. The number of ketones is 1. The summed E-state index contributed by atoms with van der Waals surface area (Å²) in [5.41, 5.74) is 0.647. The highest BCUT2D eigenvalue weighted by Crippen LogP contribution is 2.06. The molecule has 0 radical (unpaired) electrons. The number of benzene rings is 1. The third-order valence-electron chi connectivity index (χ3n) is 2.06. The molecule has 1 aromatic carbocycles. The summed E-state index contributed by atoms with van der Waals surface area (Å²) in [6, 6.07) is 9.00. The Morgan fingerprint density at radius 2 is 1.93 bits per heavy atom. The van der Waals surface area contributed by atoms with Crippen molar-refractivity contribution in [1.29, 1.82) is 0 Å². The SMILES string of the molecule is CN(C)C(O)CC(=O)c1ccccc1. The predicted octanol–water partition coefficient (Wildman–Crippen LogP) is 1.14. The molecule has 1 atom stereocenters. The van der Waals surface area contributed by atoms with Gasteiger partial charge in [0.15, 0.2) is 5.78 Å². The Balaban J connectivity index is 2.60. The summed E-state index contributed by atoms with van der Waals surface area (Å²) in [6.07, 6.45) is -0.570. The molecule has 14 heavy (non-hydrogen) atoms. The van der Waals surface area contributed by atoms with Crippen LogP contribution >= 0.6 is 0 Å². The van der Waals surface area contributed by atoms with Crippen LogP contribution in [-0.2, 0) is 0 Å². The first-order chi connectivity index (χ1) is 6.61. The lowest BCUT2D eigenvalue weighted by atomic mass is 10.1. The van der Waals surface area contributed by atoms with Crippen molar-refractivity contribution in [3.05, 3.63) is 35.9 Å². The molecule has 0 amide bonds. The highest BCUT2D eigenvalue weighted by Gasteiger charge is 2.13. The zero-order chi connectivity index (χ0) is 10.6. The number of carbonyl (C=O) groups excluding carboxylic acids is 1. The van der Waals surface area contributed by atoms with Crippen LogP contribution in [0, 0.1) is 0 Å². The summed E-state index contributed by atoms with van der Waals surface area (Å²) in [6.45, 7) is 0. The summed E-state index contributed by atoms with van der Waals surface area (Å²) in [4.78, 5) is 13.2. The molecule has 1 rings (SSSR count). The molecule has 0 aliphatic carbocycles. The number of hydrogen-bond acceptors (Lipinski definition) is 3. The Morgan fingerprint density at radius 1 is 1.36 bits per heavy atom. The molecule has 1 N–H and O–H groups in total. The minimum Gasteiger partial charge on any atom is -0.378 e. The molecule has 3 heteroatoms. The quantitative estimate of drug-likeness (QED) is 0.576. The van der Waals surface area contributed by atoms with E-state index in [1.807, 2.05) is 18.2 Å². The van der Waals surface area contributed by atoms with Gasteiger partial charge < -0.3 is 5.11 Å². The molecule has 3 nitrogen and oxygen atoms in total. The standard InChI is InChI=1S/C11H15NO2/c1-12(2)11(14)8-10(13)9-6-4-3-5-7-9/h3-7,11,14H,8H2,1-2H3. The lowest BCUT2D eigenvalue weighted by molar-refractivity contribution is 0.0324. The van der Waals surface area contributed by atoms with Gasteiger partial charge >= 0.3 is 0 Å². The van der Waals surface area contributed by atoms with E-state index in [0.717, 1.165) is 0 Å². The number of aliphatic hydroxyl groups is 1. The summed E-state index contributed by atoms with van der Waals surface area (Å²) in [5.74, 6) is -0.0354. The van der Waals surface area contributed by atoms with Crippen molar-refractivity contribution >= 4 is 5.78 Å². The zero-order valence-electron chi connectivity index (χ0n) is 8.47. The van der Waals surface area contributed by atoms with E-state index in [1.165, 1.54) is 0 Å². The van der Waals surface area contributed by atoms with Gasteiger partial charge in [-0.25, -0.2) is 0 Å². The van der Waals surface area contributed by atoms with Gasteiger partial charge in [0.2, 0.25) is 0 Å². The van der Waals surface area contributed by atoms with E-state index in [0.29, 0.717) is 5.56 Å². The summed E-state index contributed by atoms with van der Waals surface area (Å²) in [7, 11) is 3.48. The molecule has 0 fully saturated rings. The number of Topliss-reactive ketones (excluding diaryl/α,β-unsaturated/α-hetero) is 1. The summed E-state index contributed by atoms with van der Waals surface area (Å²) < 4.78 is 0. The molecular weight excluding hydrogens is 178 g/mol. The highest BCUT2D eigenvalue weighted by molar-refractivity contribution is 5.96. The molecule has 76 valence electrons. The Bertz CT molecular complexity index is 295. The fourth-order valence-corrected chi connectivity index (χ4v) is 1.09. The highest BCUT2D eigenvalue weighted by atomic mass is 16.3. The van der Waals surface area contributed by atoms with E-state index in [9.17, 15) is 9.90 Å². The topological polar surface area (TPSA) is 40.5 Å². The Hall–Kier alpha value is -1.19. The Labute approximate surface area is 84.0 Å². The Kier molecular flexibility index (Phi) is 3.80. The van der Waals surface area contributed by atoms with Crippen molar-refractivity contribution < 1.29 is 9.90 Å². The van der Waals surface area contributed by atoms with E-state index >= 15 is 0 Å². The molecule has 1 unspecified atom stereocenters. The number of aliphatic hydroxyl groups excluding tert-OH is 1. The fourth-order valence-electron chi connectivity index (χ4n) is 1.09. The van der Waals surface area contributed by atoms with Crippen LogP contribution in [0.25, 0.3) is 0 Å². The van der Waals surface area contributed by atoms with Gasteiger partial charge in [0.1, 0.15) is 6.23 Å². The smallest absolute Gasteiger partial charge is 0.166 e. The predicted molar refractivity (Wildman–Crippen MR) is 55.1 cm³/mol. The molecule has 0 saturated heterocycles. The van der Waals surface area contributed by atoms with E-state index in [1.54, 1.807) is 31.1 Å². The number of hydrogen-bond donors (Lipinski definition) is 1. The largest absolute Gasteiger partial charge is 0.378 e. The van der Waals surface area contributed by atoms with Crippen LogP contribution in [0.4, 0.5) is 0 Å². The summed E-state index contributed by atoms with van der Waals surface area (Å²) >= 11 is 0. The second kappa shape index (κ2) is 4.88. The summed E-state index contributed by atoms with van der Waals surface area (Å²) in [5, 5.41) is 9.46. The van der Waals surface area contributed by atoms with Gasteiger partial charge in [-0.2, -0.15) is 0 Å². The molecule has 0 bridgehead atoms. The van der Waals surface area contributed by atoms with Crippen LogP contribution in [0.1, 0.15) is 16.8 Å². The average Bonchev–Trinajstić information content (AvgIpc) is 2.19. The van der Waals surface area contributed by atoms with Crippen molar-refractivity contribution in [2.45, 2.75) is 12.6 Å². The zero-order valence-corrected chi connectivity index (χ0v) is 8.47. The molecule has 0 aromatic heterocycles. The number of rotatable bonds is 4. The first-order valence-corrected chi connectivity index (χ1v) is 4.54. The minimum absolute atomic E-state index is 0.0354. The van der Waals surface area contributed by atoms with Gasteiger partial charge in [0.05, 0.1) is 6.42 Å². The second-order valence-electron chi connectivity index (χ2n) is 3.44. The van der Waals surface area contributed by atoms with Crippen LogP contribution in [0.3, 0.4) is 0 Å². The van der Waals surface area contributed by atoms with Crippen molar-refractivity contribution in [2.75, 3.05) is 14.1 Å². The third kappa shape index (κ3) is 2.94. The first kappa shape index (κ1) is 10.9. The van der Waals surface area contributed by atoms with Gasteiger partial charge in [-0.3, -0.25) is 9.69 Å². The maximum absolute atomic E-state index is 11.6. The van der Waals surface area contributed by atoms with Crippen molar-refractivity contribution in [3.63, 3.8) is 0 Å². The first-order valence-electron chi connectivity index (χ1n) is 4.54. The minimum atomic E-state index is -0.706. The maximum Gasteiger partial charge on any atom is 0.166 e. The van der Waals surface area contributed by atoms with Crippen LogP contribution in [-0.4, -0.2) is 36.1 Å². The van der Waals surface area contributed by atoms with E-state index in [4.69, 9.17) is 0 Å². The third-order valence-corrected chi connectivity index (χ3v) is 2.06. The van der Waals surface area contributed by atoms with E-state index in [-0.39, 0.29) is 12.2 Å². The maximum atomic E-state index is 11.6. The van der Waals surface area contributed by atoms with Gasteiger partial charge in [-0.05, 0) is 14.1 Å². The lowest BCUT2D eigenvalue weighted by Gasteiger charge is -2.17. The van der Waals surface area contributed by atoms with Crippen molar-refractivity contribution in [2.24, 2.45) is 0 Å². The van der Waals surface area contributed by atoms with Gasteiger partial charge in [0, 0.05) is 5.56 Å². The molecule has 0 spiro atoms. The van der Waals surface area contributed by atoms with E-state index < -0.39 is 6.23 Å². The normalized spacial score (nSPS) is 12.9. The van der Waals surface area contributed by atoms with Gasteiger partial charge in [-0.15, -0.1) is 0 Å². The second-order valence-corrected chi connectivity index (χ2v) is 3.44. The van der Waals surface area contributed by atoms with Crippen LogP contribution in [0.5, 0.6) is 0 Å². The Morgan fingerprint density at radius 3 is 2.43 bits per heavy atom. The van der Waals surface area contributed by atoms with E-state index in [2.05, 4.69) is 0 Å². The fraction of sp³-hybridized carbons (Fsp3) is 0.364. The molecular formula is C11H15NO2. The van der Waals surface area contributed by atoms with Crippen LogP contribution in [0.15, 0.2) is 30.3 Å². The molecule has 0 aliphatic rings.